The van der Waals surface area contributed by atoms with Crippen LogP contribution in [0.1, 0.15) is 43.2 Å². The summed E-state index contributed by atoms with van der Waals surface area (Å²) in [5, 5.41) is 4.41. The van der Waals surface area contributed by atoms with Crippen molar-refractivity contribution in [2.24, 2.45) is 11.8 Å². The molecule has 1 aromatic carbocycles. The third kappa shape index (κ3) is 4.72. The van der Waals surface area contributed by atoms with E-state index in [2.05, 4.69) is 26.1 Å². The fourth-order valence-electron chi connectivity index (χ4n) is 4.07. The molecular formula is C24H29N3O2S2. The molecule has 0 fully saturated rings. The van der Waals surface area contributed by atoms with Crippen molar-refractivity contribution in [3.05, 3.63) is 50.6 Å². The molecule has 0 saturated carbocycles. The second kappa shape index (κ2) is 9.17. The molecule has 5 nitrogen and oxygen atoms in total. The lowest BCUT2D eigenvalue weighted by atomic mass is 9.89. The molecule has 1 amide bonds. The minimum atomic E-state index is -0.0935. The molecule has 1 aliphatic carbocycles. The number of hydrogen-bond acceptors (Lipinski definition) is 5. The highest BCUT2D eigenvalue weighted by molar-refractivity contribution is 7.99. The standard InChI is InChI=1S/C24H29N3O2S2/c1-14(2)12-27-23(29)21-17-10-9-15(3)11-19(17)31-22(21)26-24(27)30-13-20(28)25-18-8-6-5-7-16(18)4/h5-8,14-15H,9-13H2,1-4H3,(H,25,28)/t15-/m0/s1. The molecule has 4 rings (SSSR count). The Morgan fingerprint density at radius 2 is 2.13 bits per heavy atom. The van der Waals surface area contributed by atoms with Crippen molar-refractivity contribution in [3.63, 3.8) is 0 Å². The molecule has 1 aliphatic rings. The van der Waals surface area contributed by atoms with Crippen LogP contribution in [0.15, 0.2) is 34.2 Å². The number of hydrogen-bond donors (Lipinski definition) is 1. The minimum Gasteiger partial charge on any atom is -0.325 e. The summed E-state index contributed by atoms with van der Waals surface area (Å²) in [6.45, 7) is 9.04. The fourth-order valence-corrected chi connectivity index (χ4v) is 6.30. The first kappa shape index (κ1) is 22.1. The molecule has 31 heavy (non-hydrogen) atoms. The molecule has 164 valence electrons. The number of rotatable bonds is 6. The Morgan fingerprint density at radius 3 is 2.87 bits per heavy atom. The van der Waals surface area contributed by atoms with Crippen LogP contribution < -0.4 is 10.9 Å². The molecule has 0 bridgehead atoms. The van der Waals surface area contributed by atoms with Crippen LogP contribution in [0.4, 0.5) is 5.69 Å². The average molecular weight is 456 g/mol. The van der Waals surface area contributed by atoms with Gasteiger partial charge in [-0.3, -0.25) is 14.2 Å². The van der Waals surface area contributed by atoms with Gasteiger partial charge < -0.3 is 5.32 Å². The quantitative estimate of drug-likeness (QED) is 0.406. The zero-order valence-corrected chi connectivity index (χ0v) is 20.2. The lowest BCUT2D eigenvalue weighted by Crippen LogP contribution is -2.26. The van der Waals surface area contributed by atoms with E-state index in [1.165, 1.54) is 22.2 Å². The molecule has 1 N–H and O–H groups in total. The molecule has 0 unspecified atom stereocenters. The van der Waals surface area contributed by atoms with Crippen LogP contribution in [0, 0.1) is 18.8 Å². The number of aryl methyl sites for hydroxylation is 2. The first-order valence-corrected chi connectivity index (χ1v) is 12.7. The maximum atomic E-state index is 13.5. The molecule has 0 radical (unpaired) electrons. The van der Waals surface area contributed by atoms with E-state index in [0.717, 1.165) is 40.7 Å². The number of carbonyl (C=O) groups excluding carboxylic acids is 1. The number of aromatic nitrogens is 2. The molecule has 0 spiro atoms. The van der Waals surface area contributed by atoms with E-state index in [0.29, 0.717) is 23.5 Å². The van der Waals surface area contributed by atoms with Crippen LogP contribution in [-0.4, -0.2) is 21.2 Å². The van der Waals surface area contributed by atoms with E-state index < -0.39 is 0 Å². The van der Waals surface area contributed by atoms with E-state index in [1.54, 1.807) is 15.9 Å². The third-order valence-electron chi connectivity index (χ3n) is 5.68. The van der Waals surface area contributed by atoms with Gasteiger partial charge in [-0.15, -0.1) is 11.3 Å². The Bertz CT molecular complexity index is 1180. The Morgan fingerprint density at radius 1 is 1.35 bits per heavy atom. The number of benzene rings is 1. The Labute approximate surface area is 191 Å². The van der Waals surface area contributed by atoms with Crippen LogP contribution in [0.25, 0.3) is 10.2 Å². The normalized spacial score (nSPS) is 16.0. The van der Waals surface area contributed by atoms with Crippen molar-refractivity contribution in [1.82, 2.24) is 9.55 Å². The zero-order valence-electron chi connectivity index (χ0n) is 18.5. The Hall–Kier alpha value is -2.12. The lowest BCUT2D eigenvalue weighted by molar-refractivity contribution is -0.113. The summed E-state index contributed by atoms with van der Waals surface area (Å²) in [7, 11) is 0. The van der Waals surface area contributed by atoms with Gasteiger partial charge in [-0.1, -0.05) is 50.7 Å². The van der Waals surface area contributed by atoms with Crippen LogP contribution >= 0.6 is 23.1 Å². The SMILES string of the molecule is Cc1ccccc1NC(=O)CSc1nc2sc3c(c2c(=O)n1CC(C)C)CC[C@H](C)C3. The van der Waals surface area contributed by atoms with Crippen LogP contribution in [0.5, 0.6) is 0 Å². The van der Waals surface area contributed by atoms with Crippen molar-refractivity contribution in [2.45, 2.75) is 58.7 Å². The van der Waals surface area contributed by atoms with Crippen molar-refractivity contribution >= 4 is 44.9 Å². The number of nitrogens with one attached hydrogen (secondary N) is 1. The predicted molar refractivity (Wildman–Crippen MR) is 130 cm³/mol. The van der Waals surface area contributed by atoms with Gasteiger partial charge in [0.05, 0.1) is 11.1 Å². The monoisotopic (exact) mass is 455 g/mol. The van der Waals surface area contributed by atoms with Crippen molar-refractivity contribution in [1.29, 1.82) is 0 Å². The first-order valence-electron chi connectivity index (χ1n) is 10.9. The summed E-state index contributed by atoms with van der Waals surface area (Å²) in [4.78, 5) is 33.1. The van der Waals surface area contributed by atoms with Crippen LogP contribution in [0.2, 0.25) is 0 Å². The summed E-state index contributed by atoms with van der Waals surface area (Å²) in [5.41, 5.74) is 3.10. The van der Waals surface area contributed by atoms with Gasteiger partial charge in [0.1, 0.15) is 4.83 Å². The highest BCUT2D eigenvalue weighted by atomic mass is 32.2. The van der Waals surface area contributed by atoms with Gasteiger partial charge in [0.25, 0.3) is 5.56 Å². The number of para-hydroxylation sites is 1. The van der Waals surface area contributed by atoms with Crippen molar-refractivity contribution < 1.29 is 4.79 Å². The van der Waals surface area contributed by atoms with Gasteiger partial charge in [-0.05, 0) is 55.2 Å². The lowest BCUT2D eigenvalue weighted by Gasteiger charge is -2.18. The summed E-state index contributed by atoms with van der Waals surface area (Å²) in [6.07, 6.45) is 3.11. The molecular weight excluding hydrogens is 426 g/mol. The van der Waals surface area contributed by atoms with E-state index in [-0.39, 0.29) is 17.2 Å². The van der Waals surface area contributed by atoms with E-state index in [1.807, 2.05) is 31.2 Å². The van der Waals surface area contributed by atoms with Gasteiger partial charge in [-0.2, -0.15) is 0 Å². The molecule has 0 aliphatic heterocycles. The maximum absolute atomic E-state index is 13.5. The second-order valence-electron chi connectivity index (χ2n) is 8.89. The number of nitrogens with zero attached hydrogens (tertiary/aromatic N) is 2. The van der Waals surface area contributed by atoms with Crippen LogP contribution in [0.3, 0.4) is 0 Å². The maximum Gasteiger partial charge on any atom is 0.263 e. The summed E-state index contributed by atoms with van der Waals surface area (Å²) in [6, 6.07) is 7.72. The molecule has 2 heterocycles. The summed E-state index contributed by atoms with van der Waals surface area (Å²) in [5.74, 6) is 1.08. The second-order valence-corrected chi connectivity index (χ2v) is 10.9. The van der Waals surface area contributed by atoms with E-state index >= 15 is 0 Å². The molecule has 7 heteroatoms. The Balaban J connectivity index is 1.64. The third-order valence-corrected chi connectivity index (χ3v) is 7.80. The van der Waals surface area contributed by atoms with Gasteiger partial charge in [0.15, 0.2) is 5.16 Å². The highest BCUT2D eigenvalue weighted by Crippen LogP contribution is 2.36. The highest BCUT2D eigenvalue weighted by Gasteiger charge is 2.25. The van der Waals surface area contributed by atoms with Gasteiger partial charge >= 0.3 is 0 Å². The number of thioether (sulfide) groups is 1. The van der Waals surface area contributed by atoms with Crippen LogP contribution in [-0.2, 0) is 24.2 Å². The average Bonchev–Trinajstić information content (AvgIpc) is 3.07. The first-order chi connectivity index (χ1) is 14.8. The molecule has 1 atom stereocenters. The van der Waals surface area contributed by atoms with Gasteiger partial charge in [-0.25, -0.2) is 4.98 Å². The van der Waals surface area contributed by atoms with Gasteiger partial charge in [0, 0.05) is 17.1 Å². The minimum absolute atomic E-state index is 0.0487. The zero-order chi connectivity index (χ0) is 22.1. The number of thiophene rings is 1. The van der Waals surface area contributed by atoms with Gasteiger partial charge in [0.2, 0.25) is 5.91 Å². The summed E-state index contributed by atoms with van der Waals surface area (Å²) < 4.78 is 1.78. The Kier molecular flexibility index (Phi) is 6.53. The molecule has 2 aromatic heterocycles. The smallest absolute Gasteiger partial charge is 0.263 e. The van der Waals surface area contributed by atoms with Crippen molar-refractivity contribution in [3.8, 4) is 0 Å². The van der Waals surface area contributed by atoms with E-state index in [9.17, 15) is 9.59 Å². The number of amides is 1. The van der Waals surface area contributed by atoms with E-state index in [4.69, 9.17) is 4.98 Å². The number of carbonyl (C=O) groups is 1. The van der Waals surface area contributed by atoms with Crippen molar-refractivity contribution in [2.75, 3.05) is 11.1 Å². The number of anilines is 1. The number of fused-ring (bicyclic) bond motifs is 3. The molecule has 3 aromatic rings. The molecule has 0 saturated heterocycles. The fraction of sp³-hybridized carbons (Fsp3) is 0.458. The summed E-state index contributed by atoms with van der Waals surface area (Å²) >= 11 is 3.00. The predicted octanol–water partition coefficient (Wildman–Crippen LogP) is 5.28. The largest absolute Gasteiger partial charge is 0.325 e. The topological polar surface area (TPSA) is 64.0 Å².